The Kier molecular flexibility index (Phi) is 8.81. The summed E-state index contributed by atoms with van der Waals surface area (Å²) in [6, 6.07) is 15.1. The quantitative estimate of drug-likeness (QED) is 0.261. The van der Waals surface area contributed by atoms with E-state index in [1.165, 1.54) is 11.9 Å². The van der Waals surface area contributed by atoms with Crippen LogP contribution in [0.3, 0.4) is 0 Å². The third-order valence-electron chi connectivity index (χ3n) is 5.54. The first-order chi connectivity index (χ1) is 18.0. The molecule has 2 unspecified atom stereocenters. The molecule has 2 atom stereocenters. The molecule has 2 aromatic heterocycles. The number of anilines is 1. The van der Waals surface area contributed by atoms with Crippen molar-refractivity contribution in [1.82, 2.24) is 24.7 Å². The van der Waals surface area contributed by atoms with E-state index in [2.05, 4.69) is 24.9 Å². The lowest BCUT2D eigenvalue weighted by atomic mass is 10.2. The van der Waals surface area contributed by atoms with Gasteiger partial charge in [-0.15, -0.1) is 10.2 Å². The summed E-state index contributed by atoms with van der Waals surface area (Å²) in [5.41, 5.74) is 1.64. The number of hydrogen-bond donors (Lipinski definition) is 1. The zero-order valence-electron chi connectivity index (χ0n) is 21.4. The predicted molar refractivity (Wildman–Crippen MR) is 142 cm³/mol. The summed E-state index contributed by atoms with van der Waals surface area (Å²) in [5, 5.41) is 8.76. The topological polar surface area (TPSA) is 105 Å². The number of nitrogens with zero attached hydrogens (tertiary/aromatic N) is 5. The van der Waals surface area contributed by atoms with Gasteiger partial charge in [0.05, 0.1) is 19.5 Å². The fraction of sp³-hybridized carbons (Fsp3) is 0.308. The summed E-state index contributed by atoms with van der Waals surface area (Å²) in [5.74, 6) is 3.58. The van der Waals surface area contributed by atoms with E-state index in [0.29, 0.717) is 34.8 Å². The van der Waals surface area contributed by atoms with Crippen molar-refractivity contribution >= 4 is 17.9 Å². The van der Waals surface area contributed by atoms with E-state index in [1.807, 2.05) is 66.9 Å². The second kappa shape index (κ2) is 12.4. The molecule has 0 fully saturated rings. The maximum atomic E-state index is 5.99. The van der Waals surface area contributed by atoms with Gasteiger partial charge in [-0.3, -0.25) is 9.29 Å². The number of methoxy groups -OCH3 is 3. The molecule has 0 amide bonds. The van der Waals surface area contributed by atoms with Gasteiger partial charge in [-0.2, -0.15) is 0 Å². The maximum absolute atomic E-state index is 5.99. The SMILES string of the molecule is COc1cccc(OC)c1-n1c(COc2ccccc2)nnc1NSC(C)C(OC)c1ncc(C)cn1. The Balaban J connectivity index is 1.64. The molecule has 0 saturated carbocycles. The van der Waals surface area contributed by atoms with Gasteiger partial charge in [0.25, 0.3) is 0 Å². The van der Waals surface area contributed by atoms with Crippen molar-refractivity contribution in [2.24, 2.45) is 0 Å². The molecule has 0 bridgehead atoms. The van der Waals surface area contributed by atoms with E-state index < -0.39 is 0 Å². The van der Waals surface area contributed by atoms with Crippen LogP contribution in [0.2, 0.25) is 0 Å². The number of aryl methyl sites for hydroxylation is 1. The van der Waals surface area contributed by atoms with Gasteiger partial charge in [-0.05, 0) is 55.6 Å². The van der Waals surface area contributed by atoms with Crippen molar-refractivity contribution < 1.29 is 18.9 Å². The lowest BCUT2D eigenvalue weighted by Gasteiger charge is -2.22. The molecule has 11 heteroatoms. The number of ether oxygens (including phenoxy) is 4. The van der Waals surface area contributed by atoms with Crippen molar-refractivity contribution in [3.8, 4) is 22.9 Å². The molecule has 37 heavy (non-hydrogen) atoms. The van der Waals surface area contributed by atoms with Crippen molar-refractivity contribution in [1.29, 1.82) is 0 Å². The molecule has 0 aliphatic heterocycles. The third kappa shape index (κ3) is 6.12. The smallest absolute Gasteiger partial charge is 0.239 e. The van der Waals surface area contributed by atoms with Crippen LogP contribution in [-0.4, -0.2) is 51.3 Å². The second-order valence-electron chi connectivity index (χ2n) is 8.09. The summed E-state index contributed by atoms with van der Waals surface area (Å²) in [4.78, 5) is 8.87. The number of hydrogen-bond acceptors (Lipinski definition) is 10. The zero-order valence-corrected chi connectivity index (χ0v) is 22.2. The summed E-state index contributed by atoms with van der Waals surface area (Å²) in [7, 11) is 4.86. The van der Waals surface area contributed by atoms with Crippen molar-refractivity contribution in [3.63, 3.8) is 0 Å². The van der Waals surface area contributed by atoms with Crippen LogP contribution in [0.1, 0.15) is 30.2 Å². The van der Waals surface area contributed by atoms with Gasteiger partial charge in [-0.25, -0.2) is 9.97 Å². The molecule has 0 radical (unpaired) electrons. The minimum Gasteiger partial charge on any atom is -0.494 e. The Morgan fingerprint density at radius 2 is 1.59 bits per heavy atom. The molecule has 0 aliphatic rings. The summed E-state index contributed by atoms with van der Waals surface area (Å²) >= 11 is 1.42. The minimum absolute atomic E-state index is 0.0681. The van der Waals surface area contributed by atoms with Gasteiger partial charge in [0.15, 0.2) is 11.6 Å². The first-order valence-electron chi connectivity index (χ1n) is 11.6. The Bertz CT molecular complexity index is 1260. The molecule has 4 aromatic rings. The van der Waals surface area contributed by atoms with Crippen molar-refractivity contribution in [3.05, 3.63) is 78.1 Å². The van der Waals surface area contributed by atoms with Gasteiger partial charge in [0.1, 0.15) is 35.6 Å². The molecule has 1 N–H and O–H groups in total. The van der Waals surface area contributed by atoms with E-state index in [-0.39, 0.29) is 18.0 Å². The highest BCUT2D eigenvalue weighted by Gasteiger charge is 2.26. The van der Waals surface area contributed by atoms with Crippen LogP contribution in [0.15, 0.2) is 60.9 Å². The van der Waals surface area contributed by atoms with Crippen LogP contribution in [0, 0.1) is 6.92 Å². The number of para-hydroxylation sites is 2. The first kappa shape index (κ1) is 26.2. The predicted octanol–water partition coefficient (Wildman–Crippen LogP) is 4.80. The van der Waals surface area contributed by atoms with Crippen molar-refractivity contribution in [2.45, 2.75) is 31.8 Å². The zero-order chi connectivity index (χ0) is 26.2. The van der Waals surface area contributed by atoms with Crippen LogP contribution < -0.4 is 18.9 Å². The largest absolute Gasteiger partial charge is 0.494 e. The fourth-order valence-corrected chi connectivity index (χ4v) is 4.47. The number of rotatable bonds is 12. The molecule has 4 rings (SSSR count). The molecular formula is C26H30N6O4S. The molecule has 0 spiro atoms. The molecule has 0 aliphatic carbocycles. The van der Waals surface area contributed by atoms with Crippen LogP contribution >= 0.6 is 11.9 Å². The fourth-order valence-electron chi connectivity index (χ4n) is 3.69. The van der Waals surface area contributed by atoms with Crippen LogP contribution in [0.5, 0.6) is 17.2 Å². The van der Waals surface area contributed by atoms with Crippen LogP contribution in [0.25, 0.3) is 5.69 Å². The summed E-state index contributed by atoms with van der Waals surface area (Å²) in [6.07, 6.45) is 3.22. The van der Waals surface area contributed by atoms with Crippen molar-refractivity contribution in [2.75, 3.05) is 26.1 Å². The standard InChI is InChI=1S/C26H30N6O4S/c1-17-14-27-25(28-15-17)24(35-5)18(2)37-31-26-30-29-22(16-36-19-10-7-6-8-11-19)32(26)23-20(33-3)12-9-13-21(23)34-4/h6-15,18,24H,16H2,1-5H3,(H,30,31). The lowest BCUT2D eigenvalue weighted by Crippen LogP contribution is -2.19. The molecule has 2 aromatic carbocycles. The minimum atomic E-state index is -0.337. The molecule has 194 valence electrons. The first-order valence-corrected chi connectivity index (χ1v) is 12.5. The molecule has 2 heterocycles. The summed E-state index contributed by atoms with van der Waals surface area (Å²) < 4.78 is 28.2. The molecule has 10 nitrogen and oxygen atoms in total. The van der Waals surface area contributed by atoms with Crippen LogP contribution in [-0.2, 0) is 11.3 Å². The molecular weight excluding hydrogens is 492 g/mol. The average molecular weight is 523 g/mol. The summed E-state index contributed by atoms with van der Waals surface area (Å²) in [6.45, 7) is 4.15. The third-order valence-corrected chi connectivity index (χ3v) is 6.46. The highest BCUT2D eigenvalue weighted by Crippen LogP contribution is 2.36. The second-order valence-corrected chi connectivity index (χ2v) is 9.27. The van der Waals surface area contributed by atoms with E-state index in [9.17, 15) is 0 Å². The maximum Gasteiger partial charge on any atom is 0.239 e. The van der Waals surface area contributed by atoms with Crippen LogP contribution in [0.4, 0.5) is 5.95 Å². The Labute approximate surface area is 220 Å². The van der Waals surface area contributed by atoms with Gasteiger partial charge in [0, 0.05) is 19.5 Å². The highest BCUT2D eigenvalue weighted by molar-refractivity contribution is 8.01. The van der Waals surface area contributed by atoms with E-state index >= 15 is 0 Å². The normalized spacial score (nSPS) is 12.6. The number of benzene rings is 2. The number of aromatic nitrogens is 5. The van der Waals surface area contributed by atoms with Gasteiger partial charge in [0.2, 0.25) is 5.95 Å². The van der Waals surface area contributed by atoms with E-state index in [4.69, 9.17) is 18.9 Å². The Hall–Kier alpha value is -3.83. The number of nitrogens with one attached hydrogen (secondary N) is 1. The monoisotopic (exact) mass is 522 g/mol. The highest BCUT2D eigenvalue weighted by atomic mass is 32.2. The van der Waals surface area contributed by atoms with Gasteiger partial charge < -0.3 is 18.9 Å². The lowest BCUT2D eigenvalue weighted by molar-refractivity contribution is 0.0972. The van der Waals surface area contributed by atoms with Gasteiger partial charge >= 0.3 is 0 Å². The Morgan fingerprint density at radius 3 is 2.22 bits per heavy atom. The van der Waals surface area contributed by atoms with Gasteiger partial charge in [-0.1, -0.05) is 24.3 Å². The van der Waals surface area contributed by atoms with E-state index in [0.717, 1.165) is 11.3 Å². The average Bonchev–Trinajstić information content (AvgIpc) is 3.34. The Morgan fingerprint density at radius 1 is 0.919 bits per heavy atom. The molecule has 0 saturated heterocycles. The van der Waals surface area contributed by atoms with E-state index in [1.54, 1.807) is 33.7 Å².